The van der Waals surface area contributed by atoms with E-state index in [4.69, 9.17) is 0 Å². The first kappa shape index (κ1) is 18.4. The number of carbonyl (C=O) groups is 1. The Bertz CT molecular complexity index is 792. The van der Waals surface area contributed by atoms with Crippen LogP contribution in [0, 0.1) is 5.82 Å². The maximum Gasteiger partial charge on any atom is 0.258 e. The fraction of sp³-hybridized carbons (Fsp3) is 0.381. The number of anilines is 2. The number of amides is 1. The van der Waals surface area contributed by atoms with Gasteiger partial charge >= 0.3 is 0 Å². The number of nitrogens with zero attached hydrogens (tertiary/aromatic N) is 1. The number of halogens is 1. The Morgan fingerprint density at radius 1 is 1.12 bits per heavy atom. The highest BCUT2D eigenvalue weighted by molar-refractivity contribution is 6.04. The first-order valence-corrected chi connectivity index (χ1v) is 9.02. The standard InChI is InChI=1S/C21H26FN3O/c1-21(2,3)15-5-4-6-16(13-15)24-20(26)18-8-7-17(14-19(18)22)25-11-9-23-10-12-25/h4-8,13-14,23H,9-12H2,1-3H3,(H,24,26). The molecule has 0 bridgehead atoms. The Morgan fingerprint density at radius 3 is 2.50 bits per heavy atom. The van der Waals surface area contributed by atoms with Crippen molar-refractivity contribution in [2.75, 3.05) is 36.4 Å². The lowest BCUT2D eigenvalue weighted by Gasteiger charge is -2.29. The minimum absolute atomic E-state index is 0.0169. The first-order chi connectivity index (χ1) is 12.3. The fourth-order valence-corrected chi connectivity index (χ4v) is 3.07. The van der Waals surface area contributed by atoms with E-state index in [1.54, 1.807) is 6.07 Å². The Hall–Kier alpha value is -2.40. The van der Waals surface area contributed by atoms with E-state index >= 15 is 0 Å². The lowest BCUT2D eigenvalue weighted by atomic mass is 9.87. The molecule has 1 aliphatic rings. The monoisotopic (exact) mass is 355 g/mol. The van der Waals surface area contributed by atoms with Crippen LogP contribution in [0.4, 0.5) is 15.8 Å². The molecule has 1 amide bonds. The molecule has 3 rings (SSSR count). The molecule has 1 heterocycles. The van der Waals surface area contributed by atoms with E-state index in [1.807, 2.05) is 30.3 Å². The fourth-order valence-electron chi connectivity index (χ4n) is 3.07. The van der Waals surface area contributed by atoms with Crippen LogP contribution >= 0.6 is 0 Å². The van der Waals surface area contributed by atoms with Crippen LogP contribution in [-0.2, 0) is 5.41 Å². The molecule has 0 aliphatic carbocycles. The van der Waals surface area contributed by atoms with E-state index in [2.05, 4.69) is 36.3 Å². The molecule has 0 spiro atoms. The summed E-state index contributed by atoms with van der Waals surface area (Å²) in [6.45, 7) is 9.78. The molecule has 2 aromatic rings. The molecule has 0 atom stereocenters. The van der Waals surface area contributed by atoms with Gasteiger partial charge in [-0.25, -0.2) is 4.39 Å². The van der Waals surface area contributed by atoms with E-state index in [9.17, 15) is 9.18 Å². The van der Waals surface area contributed by atoms with Crippen LogP contribution in [0.1, 0.15) is 36.7 Å². The SMILES string of the molecule is CC(C)(C)c1cccc(NC(=O)c2ccc(N3CCNCC3)cc2F)c1. The van der Waals surface area contributed by atoms with Gasteiger partial charge in [0.2, 0.25) is 0 Å². The summed E-state index contributed by atoms with van der Waals surface area (Å²) in [4.78, 5) is 14.6. The molecule has 0 saturated carbocycles. The first-order valence-electron chi connectivity index (χ1n) is 9.02. The van der Waals surface area contributed by atoms with Gasteiger partial charge in [-0.1, -0.05) is 32.9 Å². The van der Waals surface area contributed by atoms with Crippen LogP contribution in [0.25, 0.3) is 0 Å². The van der Waals surface area contributed by atoms with Crippen molar-refractivity contribution >= 4 is 17.3 Å². The van der Waals surface area contributed by atoms with Gasteiger partial charge in [0.05, 0.1) is 5.56 Å². The average molecular weight is 355 g/mol. The second kappa shape index (κ2) is 7.46. The van der Waals surface area contributed by atoms with Crippen LogP contribution in [-0.4, -0.2) is 32.1 Å². The van der Waals surface area contributed by atoms with Crippen molar-refractivity contribution in [2.24, 2.45) is 0 Å². The maximum atomic E-state index is 14.5. The molecule has 1 fully saturated rings. The van der Waals surface area contributed by atoms with Gasteiger partial charge in [0.1, 0.15) is 5.82 Å². The molecule has 0 unspecified atom stereocenters. The van der Waals surface area contributed by atoms with Crippen molar-refractivity contribution < 1.29 is 9.18 Å². The molecular formula is C21H26FN3O. The number of hydrogen-bond donors (Lipinski definition) is 2. The van der Waals surface area contributed by atoms with Crippen molar-refractivity contribution in [3.8, 4) is 0 Å². The number of carbonyl (C=O) groups excluding carboxylic acids is 1. The normalized spacial score (nSPS) is 15.0. The van der Waals surface area contributed by atoms with Gasteiger partial charge in [-0.2, -0.15) is 0 Å². The van der Waals surface area contributed by atoms with Crippen molar-refractivity contribution in [2.45, 2.75) is 26.2 Å². The van der Waals surface area contributed by atoms with Crippen molar-refractivity contribution in [3.05, 3.63) is 59.4 Å². The number of hydrogen-bond acceptors (Lipinski definition) is 3. The van der Waals surface area contributed by atoms with Crippen molar-refractivity contribution in [1.82, 2.24) is 5.32 Å². The quantitative estimate of drug-likeness (QED) is 0.881. The molecule has 26 heavy (non-hydrogen) atoms. The van der Waals surface area contributed by atoms with Crippen LogP contribution < -0.4 is 15.5 Å². The number of benzene rings is 2. The third kappa shape index (κ3) is 4.22. The molecule has 0 aromatic heterocycles. The number of rotatable bonds is 3. The summed E-state index contributed by atoms with van der Waals surface area (Å²) in [6, 6.07) is 12.5. The lowest BCUT2D eigenvalue weighted by molar-refractivity contribution is 0.102. The Kier molecular flexibility index (Phi) is 5.28. The molecule has 5 heteroatoms. The summed E-state index contributed by atoms with van der Waals surface area (Å²) in [6.07, 6.45) is 0. The van der Waals surface area contributed by atoms with Gasteiger partial charge in [0.25, 0.3) is 5.91 Å². The van der Waals surface area contributed by atoms with Crippen molar-refractivity contribution in [1.29, 1.82) is 0 Å². The summed E-state index contributed by atoms with van der Waals surface area (Å²) in [5, 5.41) is 6.08. The van der Waals surface area contributed by atoms with Crippen molar-refractivity contribution in [3.63, 3.8) is 0 Å². The predicted molar refractivity (Wildman–Crippen MR) is 105 cm³/mol. The number of nitrogens with one attached hydrogen (secondary N) is 2. The summed E-state index contributed by atoms with van der Waals surface area (Å²) >= 11 is 0. The number of piperazine rings is 1. The minimum atomic E-state index is -0.495. The average Bonchev–Trinajstić information content (AvgIpc) is 2.62. The van der Waals surface area contributed by atoms with Gasteiger partial charge in [-0.3, -0.25) is 4.79 Å². The third-order valence-corrected chi connectivity index (χ3v) is 4.67. The summed E-state index contributed by atoms with van der Waals surface area (Å²) in [7, 11) is 0. The molecule has 2 N–H and O–H groups in total. The van der Waals surface area contributed by atoms with Gasteiger partial charge in [-0.05, 0) is 41.3 Å². The summed E-state index contributed by atoms with van der Waals surface area (Å²) in [5.74, 6) is -0.925. The van der Waals surface area contributed by atoms with E-state index in [1.165, 1.54) is 6.07 Å². The van der Waals surface area contributed by atoms with E-state index in [0.29, 0.717) is 5.69 Å². The zero-order valence-corrected chi connectivity index (χ0v) is 15.6. The summed E-state index contributed by atoms with van der Waals surface area (Å²) < 4.78 is 14.5. The van der Waals surface area contributed by atoms with Crippen LogP contribution in [0.3, 0.4) is 0 Å². The molecule has 4 nitrogen and oxygen atoms in total. The predicted octanol–water partition coefficient (Wildman–Crippen LogP) is 3.79. The third-order valence-electron chi connectivity index (χ3n) is 4.67. The zero-order chi connectivity index (χ0) is 18.7. The van der Waals surface area contributed by atoms with Crippen LogP contribution in [0.15, 0.2) is 42.5 Å². The van der Waals surface area contributed by atoms with Gasteiger partial charge in [0, 0.05) is 37.6 Å². The second-order valence-electron chi connectivity index (χ2n) is 7.69. The maximum absolute atomic E-state index is 14.5. The van der Waals surface area contributed by atoms with Gasteiger partial charge < -0.3 is 15.5 Å². The topological polar surface area (TPSA) is 44.4 Å². The van der Waals surface area contributed by atoms with Gasteiger partial charge in [0.15, 0.2) is 0 Å². The van der Waals surface area contributed by atoms with E-state index in [-0.39, 0.29) is 11.0 Å². The Morgan fingerprint density at radius 2 is 1.85 bits per heavy atom. The molecule has 0 radical (unpaired) electrons. The molecule has 1 aliphatic heterocycles. The molecular weight excluding hydrogens is 329 g/mol. The summed E-state index contributed by atoms with van der Waals surface area (Å²) in [5.41, 5.74) is 2.65. The molecule has 1 saturated heterocycles. The molecule has 2 aromatic carbocycles. The zero-order valence-electron chi connectivity index (χ0n) is 15.6. The minimum Gasteiger partial charge on any atom is -0.369 e. The molecule has 138 valence electrons. The Balaban J connectivity index is 1.76. The highest BCUT2D eigenvalue weighted by Crippen LogP contribution is 2.25. The van der Waals surface area contributed by atoms with Crippen LogP contribution in [0.2, 0.25) is 0 Å². The second-order valence-corrected chi connectivity index (χ2v) is 7.69. The highest BCUT2D eigenvalue weighted by atomic mass is 19.1. The highest BCUT2D eigenvalue weighted by Gasteiger charge is 2.18. The largest absolute Gasteiger partial charge is 0.369 e. The Labute approximate surface area is 154 Å². The van der Waals surface area contributed by atoms with E-state index < -0.39 is 11.7 Å². The van der Waals surface area contributed by atoms with Crippen LogP contribution in [0.5, 0.6) is 0 Å². The lowest BCUT2D eigenvalue weighted by Crippen LogP contribution is -2.43. The smallest absolute Gasteiger partial charge is 0.258 e. The van der Waals surface area contributed by atoms with E-state index in [0.717, 1.165) is 37.4 Å². The van der Waals surface area contributed by atoms with Gasteiger partial charge in [-0.15, -0.1) is 0 Å².